The average Bonchev–Trinajstić information content (AvgIpc) is 3.43. The molecule has 2 aliphatic rings. The number of benzene rings is 1. The Morgan fingerprint density at radius 3 is 2.92 bits per heavy atom. The number of anilines is 2. The first-order chi connectivity index (χ1) is 17.3. The van der Waals surface area contributed by atoms with E-state index in [9.17, 15) is 14.4 Å². The molecule has 1 atom stereocenters. The SMILES string of the molecule is CCOC(=O)c1c(NC(=O)CN2C(=O)COc3ccc(-c4csc(C)n4)cc32)sc2c1CCC(C)C2. The van der Waals surface area contributed by atoms with Crippen molar-refractivity contribution in [1.29, 1.82) is 0 Å². The number of hydrogen-bond donors (Lipinski definition) is 1. The van der Waals surface area contributed by atoms with E-state index in [4.69, 9.17) is 9.47 Å². The molecule has 1 aliphatic heterocycles. The lowest BCUT2D eigenvalue weighted by Crippen LogP contribution is -2.43. The largest absolute Gasteiger partial charge is 0.482 e. The van der Waals surface area contributed by atoms with Crippen LogP contribution in [0.25, 0.3) is 11.3 Å². The van der Waals surface area contributed by atoms with Gasteiger partial charge < -0.3 is 14.8 Å². The standard InChI is InChI=1S/C26H27N3O5S2/c1-4-33-26(32)24-17-7-5-14(2)9-21(17)36-25(24)28-22(30)11-29-19-10-16(18-13-35-15(3)27-18)6-8-20(19)34-12-23(29)31/h6,8,10,13-14H,4-5,7,9,11-12H2,1-3H3,(H,28,30). The summed E-state index contributed by atoms with van der Waals surface area (Å²) in [6.07, 6.45) is 2.64. The topological polar surface area (TPSA) is 97.8 Å². The molecule has 1 aromatic carbocycles. The first-order valence-corrected chi connectivity index (χ1v) is 13.6. The van der Waals surface area contributed by atoms with Gasteiger partial charge in [0.25, 0.3) is 5.91 Å². The summed E-state index contributed by atoms with van der Waals surface area (Å²) in [5.41, 5.74) is 3.59. The van der Waals surface area contributed by atoms with E-state index in [1.54, 1.807) is 24.3 Å². The van der Waals surface area contributed by atoms with E-state index in [0.717, 1.165) is 46.0 Å². The lowest BCUT2D eigenvalue weighted by molar-refractivity contribution is -0.123. The summed E-state index contributed by atoms with van der Waals surface area (Å²) in [6, 6.07) is 5.51. The number of esters is 1. The van der Waals surface area contributed by atoms with Crippen LogP contribution in [0.3, 0.4) is 0 Å². The number of ether oxygens (including phenoxy) is 2. The van der Waals surface area contributed by atoms with Gasteiger partial charge in [0, 0.05) is 15.8 Å². The molecule has 8 nitrogen and oxygen atoms in total. The molecule has 1 N–H and O–H groups in total. The zero-order valence-electron chi connectivity index (χ0n) is 20.4. The second-order valence-corrected chi connectivity index (χ2v) is 11.2. The number of thiophene rings is 1. The lowest BCUT2D eigenvalue weighted by atomic mass is 9.88. The van der Waals surface area contributed by atoms with Crippen molar-refractivity contribution >= 4 is 51.1 Å². The third-order valence-corrected chi connectivity index (χ3v) is 8.31. The van der Waals surface area contributed by atoms with Crippen LogP contribution in [0.4, 0.5) is 10.7 Å². The van der Waals surface area contributed by atoms with E-state index >= 15 is 0 Å². The number of carbonyl (C=O) groups is 3. The number of aryl methyl sites for hydroxylation is 1. The van der Waals surface area contributed by atoms with Gasteiger partial charge in [-0.1, -0.05) is 6.92 Å². The Morgan fingerprint density at radius 1 is 1.33 bits per heavy atom. The van der Waals surface area contributed by atoms with Crippen LogP contribution in [0.5, 0.6) is 5.75 Å². The Bertz CT molecular complexity index is 1350. The third kappa shape index (κ3) is 4.75. The molecule has 188 valence electrons. The molecule has 1 unspecified atom stereocenters. The number of fused-ring (bicyclic) bond motifs is 2. The summed E-state index contributed by atoms with van der Waals surface area (Å²) in [5.74, 6) is -0.0628. The summed E-state index contributed by atoms with van der Waals surface area (Å²) >= 11 is 2.98. The highest BCUT2D eigenvalue weighted by Gasteiger charge is 2.31. The van der Waals surface area contributed by atoms with Crippen LogP contribution in [0.15, 0.2) is 23.6 Å². The predicted molar refractivity (Wildman–Crippen MR) is 140 cm³/mol. The Morgan fingerprint density at radius 2 is 2.17 bits per heavy atom. The van der Waals surface area contributed by atoms with E-state index in [1.165, 1.54) is 16.2 Å². The first kappa shape index (κ1) is 24.5. The number of thiazole rings is 1. The quantitative estimate of drug-likeness (QED) is 0.462. The molecule has 1 aliphatic carbocycles. The Balaban J connectivity index is 1.41. The molecule has 3 heterocycles. The highest BCUT2D eigenvalue weighted by atomic mass is 32.1. The summed E-state index contributed by atoms with van der Waals surface area (Å²) in [7, 11) is 0. The van der Waals surface area contributed by atoms with Crippen LogP contribution >= 0.6 is 22.7 Å². The summed E-state index contributed by atoms with van der Waals surface area (Å²) < 4.78 is 10.9. The van der Waals surface area contributed by atoms with Crippen LogP contribution in [0.2, 0.25) is 0 Å². The molecule has 2 amide bonds. The van der Waals surface area contributed by atoms with Crippen LogP contribution < -0.4 is 15.0 Å². The van der Waals surface area contributed by atoms with Gasteiger partial charge in [0.1, 0.15) is 17.3 Å². The van der Waals surface area contributed by atoms with Gasteiger partial charge >= 0.3 is 5.97 Å². The highest BCUT2D eigenvalue weighted by molar-refractivity contribution is 7.17. The minimum atomic E-state index is -0.421. The molecule has 10 heteroatoms. The van der Waals surface area contributed by atoms with Gasteiger partial charge in [0.2, 0.25) is 5.91 Å². The Labute approximate surface area is 217 Å². The second kappa shape index (κ2) is 10.0. The number of nitrogens with zero attached hydrogens (tertiary/aromatic N) is 2. The number of aromatic nitrogens is 1. The molecule has 5 rings (SSSR count). The van der Waals surface area contributed by atoms with Crippen LogP contribution in [0.1, 0.15) is 46.1 Å². The van der Waals surface area contributed by atoms with Crippen molar-refractivity contribution < 1.29 is 23.9 Å². The van der Waals surface area contributed by atoms with Crippen LogP contribution in [0, 0.1) is 12.8 Å². The molecule has 0 radical (unpaired) electrons. The zero-order valence-corrected chi connectivity index (χ0v) is 22.0. The number of nitrogens with one attached hydrogen (secondary N) is 1. The fourth-order valence-corrected chi connectivity index (χ4v) is 6.64. The number of rotatable bonds is 6. The maximum absolute atomic E-state index is 13.2. The smallest absolute Gasteiger partial charge is 0.341 e. The number of hydrogen-bond acceptors (Lipinski definition) is 8. The predicted octanol–water partition coefficient (Wildman–Crippen LogP) is 4.85. The molecular formula is C26H27N3O5S2. The second-order valence-electron chi connectivity index (χ2n) is 9.03. The fourth-order valence-electron chi connectivity index (χ4n) is 4.60. The van der Waals surface area contributed by atoms with Crippen molar-refractivity contribution in [2.45, 2.75) is 40.0 Å². The van der Waals surface area contributed by atoms with Gasteiger partial charge in [-0.3, -0.25) is 14.5 Å². The molecule has 3 aromatic rings. The minimum absolute atomic E-state index is 0.144. The monoisotopic (exact) mass is 525 g/mol. The average molecular weight is 526 g/mol. The van der Waals surface area contributed by atoms with Crippen LogP contribution in [-0.2, 0) is 27.2 Å². The van der Waals surface area contributed by atoms with Gasteiger partial charge in [0.05, 0.1) is 28.6 Å². The molecular weight excluding hydrogens is 498 g/mol. The molecule has 0 fully saturated rings. The molecule has 2 aromatic heterocycles. The van der Waals surface area contributed by atoms with Gasteiger partial charge in [-0.2, -0.15) is 0 Å². The van der Waals surface area contributed by atoms with E-state index in [1.807, 2.05) is 24.4 Å². The van der Waals surface area contributed by atoms with Crippen molar-refractivity contribution in [1.82, 2.24) is 4.98 Å². The Kier molecular flexibility index (Phi) is 6.81. The van der Waals surface area contributed by atoms with Crippen molar-refractivity contribution in [2.75, 3.05) is 30.0 Å². The number of amides is 2. The van der Waals surface area contributed by atoms with E-state index in [2.05, 4.69) is 17.2 Å². The maximum atomic E-state index is 13.2. The molecule has 0 saturated carbocycles. The highest BCUT2D eigenvalue weighted by Crippen LogP contribution is 2.40. The Hall–Kier alpha value is -3.24. The fraction of sp³-hybridized carbons (Fsp3) is 0.385. The van der Waals surface area contributed by atoms with E-state index < -0.39 is 5.97 Å². The van der Waals surface area contributed by atoms with Crippen molar-refractivity contribution in [2.24, 2.45) is 5.92 Å². The number of carbonyl (C=O) groups excluding carboxylic acids is 3. The minimum Gasteiger partial charge on any atom is -0.482 e. The molecule has 0 spiro atoms. The normalized spacial score (nSPS) is 16.7. The van der Waals surface area contributed by atoms with Crippen LogP contribution in [-0.4, -0.2) is 42.5 Å². The van der Waals surface area contributed by atoms with Gasteiger partial charge in [-0.05, 0) is 62.8 Å². The molecule has 0 saturated heterocycles. The lowest BCUT2D eigenvalue weighted by Gasteiger charge is -2.29. The van der Waals surface area contributed by atoms with Crippen molar-refractivity contribution in [3.63, 3.8) is 0 Å². The summed E-state index contributed by atoms with van der Waals surface area (Å²) in [5, 5.41) is 6.29. The molecule has 36 heavy (non-hydrogen) atoms. The summed E-state index contributed by atoms with van der Waals surface area (Å²) in [6.45, 7) is 5.80. The molecule has 0 bridgehead atoms. The van der Waals surface area contributed by atoms with Gasteiger partial charge in [-0.25, -0.2) is 9.78 Å². The first-order valence-electron chi connectivity index (χ1n) is 11.9. The third-order valence-electron chi connectivity index (χ3n) is 6.36. The van der Waals surface area contributed by atoms with Gasteiger partial charge in [0.15, 0.2) is 6.61 Å². The van der Waals surface area contributed by atoms with Crippen molar-refractivity contribution in [3.8, 4) is 17.0 Å². The van der Waals surface area contributed by atoms with Gasteiger partial charge in [-0.15, -0.1) is 22.7 Å². The van der Waals surface area contributed by atoms with E-state index in [0.29, 0.717) is 27.9 Å². The zero-order chi connectivity index (χ0) is 25.4. The maximum Gasteiger partial charge on any atom is 0.341 e. The van der Waals surface area contributed by atoms with Crippen molar-refractivity contribution in [3.05, 3.63) is 44.6 Å². The van der Waals surface area contributed by atoms with E-state index in [-0.39, 0.29) is 31.6 Å². The summed E-state index contributed by atoms with van der Waals surface area (Å²) in [4.78, 5) is 45.8.